The lowest BCUT2D eigenvalue weighted by molar-refractivity contribution is 0.426. The maximum atomic E-state index is 13.8. The Morgan fingerprint density at radius 1 is 0.923 bits per heavy atom. The first-order valence-corrected chi connectivity index (χ1v) is 8.07. The Hall–Kier alpha value is -3.54. The van der Waals surface area contributed by atoms with Crippen molar-refractivity contribution in [1.29, 1.82) is 0 Å². The largest absolute Gasteiger partial charge is 0.436 e. The molecular formula is C20H15FN4O. The van der Waals surface area contributed by atoms with Crippen LogP contribution in [0.25, 0.3) is 17.1 Å². The van der Waals surface area contributed by atoms with Crippen LogP contribution in [0.2, 0.25) is 0 Å². The van der Waals surface area contributed by atoms with Gasteiger partial charge in [-0.05, 0) is 25.1 Å². The van der Waals surface area contributed by atoms with Crippen LogP contribution in [0, 0.1) is 12.7 Å². The summed E-state index contributed by atoms with van der Waals surface area (Å²) in [6.45, 7) is 1.92. The average molecular weight is 346 g/mol. The second-order valence-electron chi connectivity index (χ2n) is 5.70. The molecule has 0 N–H and O–H groups in total. The number of aryl methyl sites for hydroxylation is 1. The third kappa shape index (κ3) is 3.17. The molecule has 128 valence electrons. The molecule has 6 heteroatoms. The van der Waals surface area contributed by atoms with E-state index in [-0.39, 0.29) is 11.6 Å². The summed E-state index contributed by atoms with van der Waals surface area (Å²) in [4.78, 5) is 8.36. The highest BCUT2D eigenvalue weighted by Crippen LogP contribution is 2.26. The normalized spacial score (nSPS) is 10.7. The van der Waals surface area contributed by atoms with Crippen LogP contribution in [0.3, 0.4) is 0 Å². The zero-order valence-electron chi connectivity index (χ0n) is 14.0. The van der Waals surface area contributed by atoms with Crippen molar-refractivity contribution >= 4 is 0 Å². The van der Waals surface area contributed by atoms with E-state index in [4.69, 9.17) is 4.74 Å². The van der Waals surface area contributed by atoms with E-state index in [1.54, 1.807) is 28.9 Å². The molecule has 0 bridgehead atoms. The second-order valence-corrected chi connectivity index (χ2v) is 5.70. The van der Waals surface area contributed by atoms with Gasteiger partial charge in [0.15, 0.2) is 17.4 Å². The monoisotopic (exact) mass is 346 g/mol. The average Bonchev–Trinajstić information content (AvgIpc) is 3.06. The molecule has 0 radical (unpaired) electrons. The Morgan fingerprint density at radius 2 is 1.69 bits per heavy atom. The number of aromatic nitrogens is 4. The van der Waals surface area contributed by atoms with Gasteiger partial charge in [-0.3, -0.25) is 0 Å². The van der Waals surface area contributed by atoms with E-state index in [1.165, 1.54) is 12.4 Å². The highest BCUT2D eigenvalue weighted by molar-refractivity contribution is 5.62. The number of nitrogens with zero attached hydrogens (tertiary/aromatic N) is 4. The lowest BCUT2D eigenvalue weighted by Gasteiger charge is -2.09. The molecule has 2 aromatic heterocycles. The molecule has 0 saturated heterocycles. The molecular weight excluding hydrogens is 331 g/mol. The zero-order valence-corrected chi connectivity index (χ0v) is 14.0. The molecule has 0 amide bonds. The summed E-state index contributed by atoms with van der Waals surface area (Å²) in [6, 6.07) is 19.7. The standard InChI is InChI=1S/C20H15FN4O/c1-14-11-17(15-7-3-2-4-8-15)25(24-14)19-12-20(23-13-22-19)26-18-10-6-5-9-16(18)21/h2-13H,1H3. The van der Waals surface area contributed by atoms with Crippen molar-refractivity contribution in [3.05, 3.63) is 84.6 Å². The number of hydrogen-bond donors (Lipinski definition) is 0. The number of ether oxygens (including phenoxy) is 1. The molecule has 0 spiro atoms. The van der Waals surface area contributed by atoms with Crippen molar-refractivity contribution in [3.63, 3.8) is 0 Å². The molecule has 0 atom stereocenters. The smallest absolute Gasteiger partial charge is 0.224 e. The summed E-state index contributed by atoms with van der Waals surface area (Å²) in [5, 5.41) is 4.52. The van der Waals surface area contributed by atoms with Gasteiger partial charge in [-0.15, -0.1) is 0 Å². The van der Waals surface area contributed by atoms with Crippen molar-refractivity contribution in [1.82, 2.24) is 19.7 Å². The quantitative estimate of drug-likeness (QED) is 0.543. The molecule has 5 nitrogen and oxygen atoms in total. The number of halogens is 1. The van der Waals surface area contributed by atoms with Crippen LogP contribution >= 0.6 is 0 Å². The zero-order chi connectivity index (χ0) is 17.9. The minimum absolute atomic E-state index is 0.108. The van der Waals surface area contributed by atoms with Crippen LogP contribution in [-0.4, -0.2) is 19.7 Å². The minimum Gasteiger partial charge on any atom is -0.436 e. The Kier molecular flexibility index (Phi) is 4.15. The fourth-order valence-corrected chi connectivity index (χ4v) is 2.63. The van der Waals surface area contributed by atoms with Crippen molar-refractivity contribution in [2.45, 2.75) is 6.92 Å². The predicted molar refractivity (Wildman–Crippen MR) is 95.8 cm³/mol. The Labute approximate surface area is 149 Å². The third-order valence-electron chi connectivity index (χ3n) is 3.80. The summed E-state index contributed by atoms with van der Waals surface area (Å²) in [5.41, 5.74) is 2.78. The maximum Gasteiger partial charge on any atom is 0.224 e. The van der Waals surface area contributed by atoms with Crippen molar-refractivity contribution in [2.75, 3.05) is 0 Å². The Morgan fingerprint density at radius 3 is 2.50 bits per heavy atom. The molecule has 0 unspecified atom stereocenters. The van der Waals surface area contributed by atoms with E-state index < -0.39 is 5.82 Å². The van der Waals surface area contributed by atoms with Crippen molar-refractivity contribution in [3.8, 4) is 28.7 Å². The van der Waals surface area contributed by atoms with E-state index in [0.29, 0.717) is 5.82 Å². The Balaban J connectivity index is 1.73. The topological polar surface area (TPSA) is 52.8 Å². The molecule has 0 aliphatic rings. The van der Waals surface area contributed by atoms with Crippen LogP contribution in [0.4, 0.5) is 4.39 Å². The molecule has 26 heavy (non-hydrogen) atoms. The van der Waals surface area contributed by atoms with Crippen molar-refractivity contribution < 1.29 is 9.13 Å². The van der Waals surface area contributed by atoms with Gasteiger partial charge in [-0.2, -0.15) is 5.10 Å². The third-order valence-corrected chi connectivity index (χ3v) is 3.80. The van der Waals surface area contributed by atoms with Crippen LogP contribution in [0.5, 0.6) is 11.6 Å². The minimum atomic E-state index is -0.451. The first-order valence-electron chi connectivity index (χ1n) is 8.07. The SMILES string of the molecule is Cc1cc(-c2ccccc2)n(-c2cc(Oc3ccccc3F)ncn2)n1. The first kappa shape index (κ1) is 16.0. The van der Waals surface area contributed by atoms with Crippen LogP contribution in [0.1, 0.15) is 5.69 Å². The summed E-state index contributed by atoms with van der Waals surface area (Å²) >= 11 is 0. The van der Waals surface area contributed by atoms with Crippen molar-refractivity contribution in [2.24, 2.45) is 0 Å². The molecule has 0 saturated carbocycles. The lowest BCUT2D eigenvalue weighted by atomic mass is 10.1. The number of para-hydroxylation sites is 1. The number of benzene rings is 2. The maximum absolute atomic E-state index is 13.8. The van der Waals surface area contributed by atoms with Gasteiger partial charge in [0, 0.05) is 11.6 Å². The molecule has 4 rings (SSSR count). The van der Waals surface area contributed by atoms with Gasteiger partial charge in [-0.25, -0.2) is 19.0 Å². The van der Waals surface area contributed by atoms with E-state index in [0.717, 1.165) is 17.0 Å². The molecule has 2 aromatic carbocycles. The lowest BCUT2D eigenvalue weighted by Crippen LogP contribution is -2.03. The number of rotatable bonds is 4. The fourth-order valence-electron chi connectivity index (χ4n) is 2.63. The first-order chi connectivity index (χ1) is 12.7. The van der Waals surface area contributed by atoms with E-state index in [2.05, 4.69) is 15.1 Å². The van der Waals surface area contributed by atoms with Gasteiger partial charge in [0.05, 0.1) is 11.4 Å². The van der Waals surface area contributed by atoms with Gasteiger partial charge in [0.2, 0.25) is 5.88 Å². The molecule has 0 fully saturated rings. The van der Waals surface area contributed by atoms with E-state index >= 15 is 0 Å². The summed E-state index contributed by atoms with van der Waals surface area (Å²) in [6.07, 6.45) is 1.37. The highest BCUT2D eigenvalue weighted by Gasteiger charge is 2.13. The van der Waals surface area contributed by atoms with E-state index in [9.17, 15) is 4.39 Å². The fraction of sp³-hybridized carbons (Fsp3) is 0.0500. The van der Waals surface area contributed by atoms with Gasteiger partial charge >= 0.3 is 0 Å². The Bertz CT molecular complexity index is 1050. The van der Waals surface area contributed by atoms with Gasteiger partial charge in [-0.1, -0.05) is 42.5 Å². The van der Waals surface area contributed by atoms with Gasteiger partial charge < -0.3 is 4.74 Å². The van der Waals surface area contributed by atoms with Crippen LogP contribution in [-0.2, 0) is 0 Å². The number of hydrogen-bond acceptors (Lipinski definition) is 4. The summed E-state index contributed by atoms with van der Waals surface area (Å²) in [5.74, 6) is 0.440. The van der Waals surface area contributed by atoms with Crippen LogP contribution in [0.15, 0.2) is 73.1 Å². The molecule has 0 aliphatic heterocycles. The molecule has 4 aromatic rings. The van der Waals surface area contributed by atoms with Gasteiger partial charge in [0.1, 0.15) is 6.33 Å². The molecule has 2 heterocycles. The summed E-state index contributed by atoms with van der Waals surface area (Å²) < 4.78 is 21.1. The predicted octanol–water partition coefficient (Wildman–Crippen LogP) is 4.57. The highest BCUT2D eigenvalue weighted by atomic mass is 19.1. The van der Waals surface area contributed by atoms with E-state index in [1.807, 2.05) is 43.3 Å². The van der Waals surface area contributed by atoms with Crippen LogP contribution < -0.4 is 4.74 Å². The van der Waals surface area contributed by atoms with Gasteiger partial charge in [0.25, 0.3) is 0 Å². The summed E-state index contributed by atoms with van der Waals surface area (Å²) in [7, 11) is 0. The second kappa shape index (κ2) is 6.76. The molecule has 0 aliphatic carbocycles.